The first-order chi connectivity index (χ1) is 15.0. The summed E-state index contributed by atoms with van der Waals surface area (Å²) in [6.45, 7) is -0.289. The number of nitrogens with two attached hydrogens (primary N) is 1. The van der Waals surface area contributed by atoms with Crippen molar-refractivity contribution in [1.29, 1.82) is 0 Å². The fourth-order valence-electron chi connectivity index (χ4n) is 4.34. The maximum absolute atomic E-state index is 13.5. The van der Waals surface area contributed by atoms with E-state index in [0.717, 1.165) is 0 Å². The molecule has 1 amide bonds. The monoisotopic (exact) mass is 418 g/mol. The van der Waals surface area contributed by atoms with Crippen molar-refractivity contribution in [2.45, 2.75) is 11.8 Å². The van der Waals surface area contributed by atoms with Crippen molar-refractivity contribution in [2.24, 2.45) is 5.73 Å². The Morgan fingerprint density at radius 1 is 1.10 bits per heavy atom. The number of benzene rings is 2. The van der Waals surface area contributed by atoms with Gasteiger partial charge in [0, 0.05) is 17.7 Å². The second-order valence-electron chi connectivity index (χ2n) is 7.30. The van der Waals surface area contributed by atoms with E-state index in [2.05, 4.69) is 5.32 Å². The summed E-state index contributed by atoms with van der Waals surface area (Å²) < 4.78 is 16.5. The maximum atomic E-state index is 13.5. The van der Waals surface area contributed by atoms with Gasteiger partial charge in [0.2, 0.25) is 11.7 Å². The zero-order chi connectivity index (χ0) is 21.6. The van der Waals surface area contributed by atoms with Crippen LogP contribution in [0.25, 0.3) is 0 Å². The maximum Gasteiger partial charge on any atom is 0.339 e. The lowest BCUT2D eigenvalue weighted by Gasteiger charge is -2.38. The highest BCUT2D eigenvalue weighted by atomic mass is 16.5. The van der Waals surface area contributed by atoms with Crippen molar-refractivity contribution in [1.82, 2.24) is 0 Å². The number of esters is 1. The molecular formula is C23H18N2O6. The molecule has 1 atom stereocenters. The largest absolute Gasteiger partial charge is 0.485 e. The highest BCUT2D eigenvalue weighted by Crippen LogP contribution is 2.53. The van der Waals surface area contributed by atoms with Gasteiger partial charge in [-0.15, -0.1) is 0 Å². The second-order valence-corrected chi connectivity index (χ2v) is 7.30. The third kappa shape index (κ3) is 2.72. The third-order valence-electron chi connectivity index (χ3n) is 5.59. The number of Topliss-reactive ketones (excluding diaryl/α,β-unsaturated/α-hetero) is 1. The SMILES string of the molecule is NC1=C(C(=O)COc2ccccc2)[C@@]2(C(=O)Nc3ccccc32)C2=C(CCOC2=O)O1. The van der Waals surface area contributed by atoms with Crippen LogP contribution in [0.5, 0.6) is 5.75 Å². The van der Waals surface area contributed by atoms with E-state index in [9.17, 15) is 14.4 Å². The standard InChI is InChI=1S/C23H18N2O6/c24-20-18(16(26)12-30-13-6-2-1-3-7-13)23(19-17(31-20)10-11-29-21(19)27)14-8-4-5-9-15(14)25-22(23)28/h1-9H,10-12,24H2,(H,25,28)/t23-/m1/s1. The number of hydrogen-bond acceptors (Lipinski definition) is 7. The van der Waals surface area contributed by atoms with E-state index in [4.69, 9.17) is 19.9 Å². The van der Waals surface area contributed by atoms with E-state index in [1.165, 1.54) is 0 Å². The number of para-hydroxylation sites is 2. The molecule has 3 aliphatic rings. The Hall–Kier alpha value is -4.07. The summed E-state index contributed by atoms with van der Waals surface area (Å²) in [4.78, 5) is 39.7. The summed E-state index contributed by atoms with van der Waals surface area (Å²) in [5, 5.41) is 2.77. The Bertz CT molecular complexity index is 1180. The van der Waals surface area contributed by atoms with E-state index in [1.54, 1.807) is 48.5 Å². The van der Waals surface area contributed by atoms with Gasteiger partial charge in [-0.25, -0.2) is 4.79 Å². The Labute approximate surface area is 177 Å². The molecule has 0 radical (unpaired) electrons. The third-order valence-corrected chi connectivity index (χ3v) is 5.59. The van der Waals surface area contributed by atoms with Crippen molar-refractivity contribution in [2.75, 3.05) is 18.5 Å². The number of cyclic esters (lactones) is 1. The number of ether oxygens (including phenoxy) is 3. The normalized spacial score (nSPS) is 21.8. The fraction of sp³-hybridized carbons (Fsp3) is 0.174. The Balaban J connectivity index is 1.66. The minimum absolute atomic E-state index is 0.0153. The summed E-state index contributed by atoms with van der Waals surface area (Å²) in [7, 11) is 0. The number of carbonyl (C=O) groups is 3. The summed E-state index contributed by atoms with van der Waals surface area (Å²) in [5.41, 5.74) is 5.21. The van der Waals surface area contributed by atoms with Gasteiger partial charge in [-0.2, -0.15) is 0 Å². The minimum Gasteiger partial charge on any atom is -0.485 e. The van der Waals surface area contributed by atoms with Crippen LogP contribution in [0, 0.1) is 0 Å². The van der Waals surface area contributed by atoms with Crippen molar-refractivity contribution < 1.29 is 28.6 Å². The van der Waals surface area contributed by atoms with Gasteiger partial charge in [0.1, 0.15) is 22.5 Å². The Morgan fingerprint density at radius 2 is 1.84 bits per heavy atom. The van der Waals surface area contributed by atoms with Gasteiger partial charge < -0.3 is 25.3 Å². The number of nitrogens with one attached hydrogen (secondary N) is 1. The molecule has 0 aliphatic carbocycles. The van der Waals surface area contributed by atoms with Gasteiger partial charge in [-0.3, -0.25) is 9.59 Å². The number of carbonyl (C=O) groups excluding carboxylic acids is 3. The van der Waals surface area contributed by atoms with Crippen LogP contribution in [-0.2, 0) is 29.3 Å². The van der Waals surface area contributed by atoms with Crippen LogP contribution in [0.3, 0.4) is 0 Å². The molecule has 3 aliphatic heterocycles. The Kier molecular flexibility index (Phi) is 4.28. The van der Waals surface area contributed by atoms with E-state index < -0.39 is 29.7 Å². The first kappa shape index (κ1) is 18.9. The van der Waals surface area contributed by atoms with E-state index >= 15 is 0 Å². The minimum atomic E-state index is -1.76. The predicted molar refractivity (Wildman–Crippen MR) is 109 cm³/mol. The second kappa shape index (κ2) is 7.02. The number of ketones is 1. The molecule has 3 heterocycles. The van der Waals surface area contributed by atoms with Crippen LogP contribution in [0.2, 0.25) is 0 Å². The quantitative estimate of drug-likeness (QED) is 0.729. The van der Waals surface area contributed by atoms with Gasteiger partial charge in [-0.1, -0.05) is 36.4 Å². The number of hydrogen-bond donors (Lipinski definition) is 2. The zero-order valence-corrected chi connectivity index (χ0v) is 16.3. The van der Waals surface area contributed by atoms with Crippen LogP contribution in [0.15, 0.2) is 77.4 Å². The van der Waals surface area contributed by atoms with E-state index in [1.807, 2.05) is 6.07 Å². The van der Waals surface area contributed by atoms with Crippen LogP contribution >= 0.6 is 0 Å². The molecule has 31 heavy (non-hydrogen) atoms. The van der Waals surface area contributed by atoms with E-state index in [-0.39, 0.29) is 35.8 Å². The van der Waals surface area contributed by atoms with Crippen LogP contribution in [0.4, 0.5) is 5.69 Å². The molecule has 1 spiro atoms. The van der Waals surface area contributed by atoms with Crippen LogP contribution < -0.4 is 15.8 Å². The van der Waals surface area contributed by atoms with Gasteiger partial charge in [0.05, 0.1) is 12.2 Å². The fourth-order valence-corrected chi connectivity index (χ4v) is 4.34. The van der Waals surface area contributed by atoms with Crippen LogP contribution in [0.1, 0.15) is 12.0 Å². The van der Waals surface area contributed by atoms with Crippen LogP contribution in [-0.4, -0.2) is 30.9 Å². The molecule has 156 valence electrons. The summed E-state index contributed by atoms with van der Waals surface area (Å²) >= 11 is 0. The molecule has 2 aromatic carbocycles. The lowest BCUT2D eigenvalue weighted by Crippen LogP contribution is -2.50. The van der Waals surface area contributed by atoms with Gasteiger partial charge in [-0.05, 0) is 18.2 Å². The number of anilines is 1. The average molecular weight is 418 g/mol. The molecule has 0 aromatic heterocycles. The zero-order valence-electron chi connectivity index (χ0n) is 16.3. The van der Waals surface area contributed by atoms with Crippen molar-refractivity contribution in [3.63, 3.8) is 0 Å². The van der Waals surface area contributed by atoms with Crippen molar-refractivity contribution in [3.8, 4) is 5.75 Å². The van der Waals surface area contributed by atoms with Gasteiger partial charge in [0.15, 0.2) is 12.5 Å². The molecule has 0 saturated heterocycles. The smallest absolute Gasteiger partial charge is 0.339 e. The Morgan fingerprint density at radius 3 is 2.65 bits per heavy atom. The van der Waals surface area contributed by atoms with Gasteiger partial charge >= 0.3 is 5.97 Å². The molecule has 2 aromatic rings. The highest BCUT2D eigenvalue weighted by Gasteiger charge is 2.61. The molecule has 8 nitrogen and oxygen atoms in total. The molecule has 8 heteroatoms. The van der Waals surface area contributed by atoms with E-state index in [0.29, 0.717) is 17.0 Å². The van der Waals surface area contributed by atoms with Crippen molar-refractivity contribution in [3.05, 3.63) is 82.9 Å². The molecule has 3 N–H and O–H groups in total. The first-order valence-electron chi connectivity index (χ1n) is 9.74. The highest BCUT2D eigenvalue weighted by molar-refractivity contribution is 6.22. The average Bonchev–Trinajstić information content (AvgIpc) is 3.05. The lowest BCUT2D eigenvalue weighted by molar-refractivity contribution is -0.143. The topological polar surface area (TPSA) is 117 Å². The lowest BCUT2D eigenvalue weighted by atomic mass is 9.66. The molecule has 0 fully saturated rings. The number of fused-ring (bicyclic) bond motifs is 3. The summed E-state index contributed by atoms with van der Waals surface area (Å²) in [6, 6.07) is 15.6. The first-order valence-corrected chi connectivity index (χ1v) is 9.74. The predicted octanol–water partition coefficient (Wildman–Crippen LogP) is 1.93. The molecule has 0 saturated carbocycles. The summed E-state index contributed by atoms with van der Waals surface area (Å²) in [6.07, 6.45) is 0.251. The summed E-state index contributed by atoms with van der Waals surface area (Å²) in [5.74, 6) is -1.35. The van der Waals surface area contributed by atoms with Gasteiger partial charge in [0.25, 0.3) is 0 Å². The van der Waals surface area contributed by atoms with Crippen molar-refractivity contribution >= 4 is 23.3 Å². The molecule has 5 rings (SSSR count). The molecule has 0 unspecified atom stereocenters. The molecular weight excluding hydrogens is 400 g/mol. The number of rotatable bonds is 4. The number of amides is 1. The molecule has 0 bridgehead atoms.